The summed E-state index contributed by atoms with van der Waals surface area (Å²) in [7, 11) is 3.57. The van der Waals surface area contributed by atoms with Crippen LogP contribution in [0.5, 0.6) is 5.95 Å². The lowest BCUT2D eigenvalue weighted by Crippen LogP contribution is -2.52. The highest BCUT2D eigenvalue weighted by Gasteiger charge is 2.29. The minimum Gasteiger partial charge on any atom is -0.467 e. The van der Waals surface area contributed by atoms with E-state index in [2.05, 4.69) is 43.2 Å². The summed E-state index contributed by atoms with van der Waals surface area (Å²) in [6.45, 7) is 9.69. The lowest BCUT2D eigenvalue weighted by Gasteiger charge is -2.38. The third-order valence-electron chi connectivity index (χ3n) is 4.10. The van der Waals surface area contributed by atoms with Gasteiger partial charge in [-0.15, -0.1) is 0 Å². The number of nitrogens with zero attached hydrogens (tertiary/aromatic N) is 2. The van der Waals surface area contributed by atoms with Gasteiger partial charge in [-0.2, -0.15) is 0 Å². The van der Waals surface area contributed by atoms with Crippen molar-refractivity contribution in [2.45, 2.75) is 46.1 Å². The van der Waals surface area contributed by atoms with Crippen LogP contribution in [-0.2, 0) is 0 Å². The number of aromatic nitrogens is 1. The van der Waals surface area contributed by atoms with Gasteiger partial charge in [0.1, 0.15) is 0 Å². The van der Waals surface area contributed by atoms with Gasteiger partial charge in [-0.3, -0.25) is 9.69 Å². The molecule has 6 nitrogen and oxygen atoms in total. The molecule has 0 aliphatic heterocycles. The fourth-order valence-electron chi connectivity index (χ4n) is 2.41. The summed E-state index contributed by atoms with van der Waals surface area (Å²) in [5.74, 6) is 0.0496. The van der Waals surface area contributed by atoms with E-state index in [4.69, 9.17) is 9.26 Å². The van der Waals surface area contributed by atoms with Gasteiger partial charge in [0.05, 0.1) is 12.7 Å². The fourth-order valence-corrected chi connectivity index (χ4v) is 2.41. The first-order chi connectivity index (χ1) is 9.89. The van der Waals surface area contributed by atoms with Crippen molar-refractivity contribution in [1.82, 2.24) is 15.4 Å². The smallest absolute Gasteiger partial charge is 0.314 e. The molecule has 1 rings (SSSR count). The third kappa shape index (κ3) is 3.97. The topological polar surface area (TPSA) is 67.6 Å². The molecule has 0 fully saturated rings. The summed E-state index contributed by atoms with van der Waals surface area (Å²) in [6.07, 6.45) is 2.08. The van der Waals surface area contributed by atoms with Gasteiger partial charge >= 0.3 is 5.95 Å². The van der Waals surface area contributed by atoms with Crippen LogP contribution in [0.1, 0.15) is 49.7 Å². The minimum absolute atomic E-state index is 0.0686. The molecule has 0 bridgehead atoms. The molecule has 21 heavy (non-hydrogen) atoms. The SMILES string of the molecule is CCCC(C)(CNC(=O)c1noc(OC)c1C)N(C)CC. The molecule has 1 unspecified atom stereocenters. The van der Waals surface area contributed by atoms with Crippen LogP contribution in [0.25, 0.3) is 0 Å². The molecule has 6 heteroatoms. The van der Waals surface area contributed by atoms with Crippen molar-refractivity contribution in [2.75, 3.05) is 27.2 Å². The first-order valence-corrected chi connectivity index (χ1v) is 7.39. The summed E-state index contributed by atoms with van der Waals surface area (Å²) >= 11 is 0. The van der Waals surface area contributed by atoms with E-state index in [0.717, 1.165) is 19.4 Å². The molecule has 0 aliphatic carbocycles. The molecule has 1 aromatic rings. The first kappa shape index (κ1) is 17.5. The number of nitrogens with one attached hydrogen (secondary N) is 1. The predicted octanol–water partition coefficient (Wildman–Crippen LogP) is 2.23. The second-order valence-corrected chi connectivity index (χ2v) is 5.59. The number of hydrogen-bond donors (Lipinski definition) is 1. The van der Waals surface area contributed by atoms with E-state index in [1.165, 1.54) is 7.11 Å². The molecular weight excluding hydrogens is 270 g/mol. The fraction of sp³-hybridized carbons (Fsp3) is 0.733. The molecule has 1 atom stereocenters. The highest BCUT2D eigenvalue weighted by molar-refractivity contribution is 5.93. The number of carbonyl (C=O) groups excluding carboxylic acids is 1. The van der Waals surface area contributed by atoms with Gasteiger partial charge in [0, 0.05) is 12.1 Å². The third-order valence-corrected chi connectivity index (χ3v) is 4.10. The van der Waals surface area contributed by atoms with Crippen molar-refractivity contribution in [3.63, 3.8) is 0 Å². The monoisotopic (exact) mass is 297 g/mol. The zero-order valence-corrected chi connectivity index (χ0v) is 13.9. The zero-order chi connectivity index (χ0) is 16.0. The summed E-state index contributed by atoms with van der Waals surface area (Å²) in [5.41, 5.74) is 0.835. The van der Waals surface area contributed by atoms with Crippen LogP contribution >= 0.6 is 0 Å². The van der Waals surface area contributed by atoms with Gasteiger partial charge in [-0.05, 0) is 33.9 Å². The molecule has 0 saturated heterocycles. The molecule has 120 valence electrons. The Balaban J connectivity index is 2.75. The zero-order valence-electron chi connectivity index (χ0n) is 13.9. The molecule has 1 amide bonds. The molecule has 0 aliphatic rings. The van der Waals surface area contributed by atoms with Gasteiger partial charge in [0.2, 0.25) is 0 Å². The van der Waals surface area contributed by atoms with Gasteiger partial charge in [0.15, 0.2) is 5.69 Å². The van der Waals surface area contributed by atoms with E-state index in [-0.39, 0.29) is 23.1 Å². The first-order valence-electron chi connectivity index (χ1n) is 7.39. The summed E-state index contributed by atoms with van der Waals surface area (Å²) < 4.78 is 9.97. The highest BCUT2D eigenvalue weighted by atomic mass is 16.6. The van der Waals surface area contributed by atoms with E-state index in [1.807, 2.05) is 0 Å². The Hall–Kier alpha value is -1.56. The lowest BCUT2D eigenvalue weighted by atomic mass is 9.94. The lowest BCUT2D eigenvalue weighted by molar-refractivity contribution is 0.0868. The van der Waals surface area contributed by atoms with Crippen molar-refractivity contribution in [1.29, 1.82) is 0 Å². The molecule has 1 heterocycles. The van der Waals surface area contributed by atoms with Crippen LogP contribution in [-0.4, -0.2) is 48.7 Å². The Morgan fingerprint density at radius 2 is 2.14 bits per heavy atom. The number of methoxy groups -OCH3 is 1. The second-order valence-electron chi connectivity index (χ2n) is 5.59. The summed E-state index contributed by atoms with van der Waals surface area (Å²) in [6, 6.07) is 0. The average molecular weight is 297 g/mol. The van der Waals surface area contributed by atoms with Crippen LogP contribution in [0.2, 0.25) is 0 Å². The van der Waals surface area contributed by atoms with Crippen LogP contribution in [0.4, 0.5) is 0 Å². The van der Waals surface area contributed by atoms with Crippen LogP contribution in [0, 0.1) is 6.92 Å². The molecule has 1 N–H and O–H groups in total. The molecule has 0 radical (unpaired) electrons. The van der Waals surface area contributed by atoms with Crippen molar-refractivity contribution < 1.29 is 14.1 Å². The summed E-state index contributed by atoms with van der Waals surface area (Å²) in [5, 5.41) is 6.73. The quantitative estimate of drug-likeness (QED) is 0.797. The van der Waals surface area contributed by atoms with Gasteiger partial charge < -0.3 is 14.6 Å². The van der Waals surface area contributed by atoms with E-state index >= 15 is 0 Å². The van der Waals surface area contributed by atoms with Crippen molar-refractivity contribution in [2.24, 2.45) is 0 Å². The predicted molar refractivity (Wildman–Crippen MR) is 81.7 cm³/mol. The molecule has 0 spiro atoms. The van der Waals surface area contributed by atoms with Gasteiger partial charge in [-0.1, -0.05) is 25.4 Å². The van der Waals surface area contributed by atoms with Crippen LogP contribution in [0.3, 0.4) is 0 Å². The number of likely N-dealkylation sites (N-methyl/N-ethyl adjacent to an activating group) is 1. The minimum atomic E-state index is -0.230. The normalized spacial score (nSPS) is 14.0. The van der Waals surface area contributed by atoms with Crippen molar-refractivity contribution >= 4 is 5.91 Å². The van der Waals surface area contributed by atoms with E-state index in [0.29, 0.717) is 12.1 Å². The maximum Gasteiger partial charge on any atom is 0.314 e. The van der Waals surface area contributed by atoms with Crippen LogP contribution in [0.15, 0.2) is 4.52 Å². The molecule has 1 aromatic heterocycles. The van der Waals surface area contributed by atoms with Gasteiger partial charge in [-0.25, -0.2) is 0 Å². The average Bonchev–Trinajstić information content (AvgIpc) is 2.85. The number of rotatable bonds is 8. The van der Waals surface area contributed by atoms with Crippen molar-refractivity contribution in [3.8, 4) is 5.95 Å². The molecular formula is C15H27N3O3. The van der Waals surface area contributed by atoms with E-state index in [9.17, 15) is 4.79 Å². The summed E-state index contributed by atoms with van der Waals surface area (Å²) in [4.78, 5) is 14.5. The molecule has 0 aromatic carbocycles. The van der Waals surface area contributed by atoms with Gasteiger partial charge in [0.25, 0.3) is 5.91 Å². The van der Waals surface area contributed by atoms with Crippen molar-refractivity contribution in [3.05, 3.63) is 11.3 Å². The second kappa shape index (κ2) is 7.45. The van der Waals surface area contributed by atoms with E-state index < -0.39 is 0 Å². The Bertz CT molecular complexity index is 473. The number of hydrogen-bond acceptors (Lipinski definition) is 5. The Morgan fingerprint density at radius 3 is 2.62 bits per heavy atom. The highest BCUT2D eigenvalue weighted by Crippen LogP contribution is 2.22. The standard InChI is InChI=1S/C15H27N3O3/c1-7-9-15(4,18(5)8-2)10-16-13(19)12-11(3)14(20-6)21-17-12/h7-10H2,1-6H3,(H,16,19). The number of ether oxygens (including phenoxy) is 1. The van der Waals surface area contributed by atoms with E-state index in [1.54, 1.807) is 6.92 Å². The van der Waals surface area contributed by atoms with Crippen LogP contribution < -0.4 is 10.1 Å². The Morgan fingerprint density at radius 1 is 1.48 bits per heavy atom. The molecule has 0 saturated carbocycles. The maximum absolute atomic E-state index is 12.2. The largest absolute Gasteiger partial charge is 0.467 e. The Labute approximate surface area is 126 Å². The number of carbonyl (C=O) groups is 1. The number of amides is 1. The maximum atomic E-state index is 12.2. The Kier molecular flexibility index (Phi) is 6.20.